The van der Waals surface area contributed by atoms with Crippen LogP contribution < -0.4 is 0 Å². The Labute approximate surface area is 56.4 Å². The summed E-state index contributed by atoms with van der Waals surface area (Å²) in [5.41, 5.74) is 0. The second-order valence-electron chi connectivity index (χ2n) is 3.03. The van der Waals surface area contributed by atoms with Crippen LogP contribution in [0.25, 0.3) is 0 Å². The fourth-order valence-electron chi connectivity index (χ4n) is 0.331. The molecule has 0 aliphatic carbocycles. The van der Waals surface area contributed by atoms with Crippen LogP contribution in [0.2, 0.25) is 0 Å². The van der Waals surface area contributed by atoms with Crippen LogP contribution in [0.1, 0.15) is 6.92 Å². The van der Waals surface area contributed by atoms with Crippen molar-refractivity contribution in [1.29, 1.82) is 0 Å². The zero-order valence-electron chi connectivity index (χ0n) is 6.59. The summed E-state index contributed by atoms with van der Waals surface area (Å²) in [6.07, 6.45) is -0.373. The molecule has 1 N–H and O–H groups in total. The van der Waals surface area contributed by atoms with E-state index in [1.165, 1.54) is 0 Å². The molecule has 0 fully saturated rings. The van der Waals surface area contributed by atoms with E-state index in [1.54, 1.807) is 6.92 Å². The lowest BCUT2D eigenvalue weighted by atomic mass is 10.5. The molecule has 0 bridgehead atoms. The van der Waals surface area contributed by atoms with Gasteiger partial charge in [-0.05, 0) is 6.92 Å². The van der Waals surface area contributed by atoms with Crippen LogP contribution in [0.3, 0.4) is 0 Å². The molecule has 0 radical (unpaired) electrons. The Balaban J connectivity index is 3.28. The highest BCUT2D eigenvalue weighted by Crippen LogP contribution is 1.93. The van der Waals surface area contributed by atoms with E-state index in [-0.39, 0.29) is 6.10 Å². The molecule has 0 spiro atoms. The number of hydrogen-bond donors (Lipinski definition) is 1. The molecule has 0 aromatic rings. The molecule has 1 atom stereocenters. The second-order valence-corrected chi connectivity index (χ2v) is 3.03. The summed E-state index contributed by atoms with van der Waals surface area (Å²) < 4.78 is 0.435. The van der Waals surface area contributed by atoms with E-state index in [4.69, 9.17) is 9.94 Å². The maximum absolute atomic E-state index is 8.78. The van der Waals surface area contributed by atoms with E-state index >= 15 is 0 Å². The third kappa shape index (κ3) is 7.88. The molecule has 0 saturated heterocycles. The highest BCUT2D eigenvalue weighted by molar-refractivity contribution is 4.36. The van der Waals surface area contributed by atoms with Gasteiger partial charge in [-0.1, -0.05) is 0 Å². The maximum Gasteiger partial charge on any atom is 0.132 e. The topological polar surface area (TPSA) is 29.5 Å². The number of nitrogens with zero attached hydrogens (tertiary/aromatic N) is 1. The van der Waals surface area contributed by atoms with E-state index in [9.17, 15) is 0 Å². The first-order valence-corrected chi connectivity index (χ1v) is 3.06. The molecule has 0 aliphatic rings. The summed E-state index contributed by atoms with van der Waals surface area (Å²) in [7, 11) is 5.72. The highest BCUT2D eigenvalue weighted by atomic mass is 16.7. The van der Waals surface area contributed by atoms with Crippen LogP contribution in [0, 0.1) is 0 Å². The number of quaternary nitrogens is 1. The minimum Gasteiger partial charge on any atom is -0.391 e. The summed E-state index contributed by atoms with van der Waals surface area (Å²) in [5.74, 6) is 0. The largest absolute Gasteiger partial charge is 0.391 e. The molecular weight excluding hydrogens is 118 g/mol. The van der Waals surface area contributed by atoms with Crippen molar-refractivity contribution in [2.75, 3.05) is 27.7 Å². The first kappa shape index (κ1) is 8.88. The number of aliphatic hydroxyl groups is 1. The fourth-order valence-corrected chi connectivity index (χ4v) is 0.331. The molecule has 0 amide bonds. The van der Waals surface area contributed by atoms with Crippen LogP contribution in [0.4, 0.5) is 0 Å². The smallest absolute Gasteiger partial charge is 0.132 e. The summed E-state index contributed by atoms with van der Waals surface area (Å²) in [6.45, 7) is 2.10. The number of hydrogen-bond acceptors (Lipinski definition) is 2. The van der Waals surface area contributed by atoms with E-state index in [0.717, 1.165) is 0 Å². The Bertz CT molecular complexity index is 75.6. The lowest BCUT2D eigenvalue weighted by Gasteiger charge is -2.21. The van der Waals surface area contributed by atoms with Crippen LogP contribution in [-0.2, 0) is 4.84 Å². The van der Waals surface area contributed by atoms with Crippen LogP contribution in [0.15, 0.2) is 0 Å². The predicted octanol–water partition coefficient (Wildman–Crippen LogP) is 0.00500. The molecular formula is C6H16NO2+. The standard InChI is InChI=1S/C6H16NO2/c1-6(8)5-9-7(2,3)4/h6,8H,5H2,1-4H3/q+1. The fraction of sp³-hybridized carbons (Fsp3) is 1.00. The average molecular weight is 134 g/mol. The molecule has 3 heteroatoms. The first-order chi connectivity index (χ1) is 3.92. The third-order valence-corrected chi connectivity index (χ3v) is 0.703. The van der Waals surface area contributed by atoms with Crippen molar-refractivity contribution in [3.05, 3.63) is 0 Å². The minimum atomic E-state index is -0.373. The monoisotopic (exact) mass is 134 g/mol. The van der Waals surface area contributed by atoms with Crippen molar-refractivity contribution in [1.82, 2.24) is 0 Å². The summed E-state index contributed by atoms with van der Waals surface area (Å²) >= 11 is 0. The number of aliphatic hydroxyl groups excluding tert-OH is 1. The Morgan fingerprint density at radius 1 is 1.44 bits per heavy atom. The van der Waals surface area contributed by atoms with Gasteiger partial charge in [0, 0.05) is 0 Å². The minimum absolute atomic E-state index is 0.373. The average Bonchev–Trinajstić information content (AvgIpc) is 1.59. The number of rotatable bonds is 3. The zero-order chi connectivity index (χ0) is 7.49. The van der Waals surface area contributed by atoms with Gasteiger partial charge in [-0.25, -0.2) is 4.84 Å². The molecule has 9 heavy (non-hydrogen) atoms. The third-order valence-electron chi connectivity index (χ3n) is 0.703. The Morgan fingerprint density at radius 3 is 2.00 bits per heavy atom. The second kappa shape index (κ2) is 3.15. The Hall–Kier alpha value is -0.120. The zero-order valence-corrected chi connectivity index (χ0v) is 6.59. The van der Waals surface area contributed by atoms with E-state index in [0.29, 0.717) is 11.3 Å². The van der Waals surface area contributed by atoms with Crippen molar-refractivity contribution in [3.63, 3.8) is 0 Å². The molecule has 0 heterocycles. The van der Waals surface area contributed by atoms with Crippen molar-refractivity contribution < 1.29 is 14.6 Å². The van der Waals surface area contributed by atoms with Crippen molar-refractivity contribution in [2.45, 2.75) is 13.0 Å². The molecule has 0 rings (SSSR count). The molecule has 0 aromatic heterocycles. The quantitative estimate of drug-likeness (QED) is 0.435. The normalized spacial score (nSPS) is 15.7. The van der Waals surface area contributed by atoms with Crippen LogP contribution in [-0.4, -0.2) is 43.6 Å². The number of hydroxylamine groups is 3. The van der Waals surface area contributed by atoms with Crippen LogP contribution >= 0.6 is 0 Å². The lowest BCUT2D eigenvalue weighted by Crippen LogP contribution is -2.36. The molecule has 3 nitrogen and oxygen atoms in total. The van der Waals surface area contributed by atoms with Gasteiger partial charge in [0.15, 0.2) is 0 Å². The van der Waals surface area contributed by atoms with Gasteiger partial charge in [-0.3, -0.25) is 0 Å². The maximum atomic E-state index is 8.78. The van der Waals surface area contributed by atoms with Gasteiger partial charge in [-0.2, -0.15) is 4.65 Å². The molecule has 1 unspecified atom stereocenters. The van der Waals surface area contributed by atoms with Gasteiger partial charge >= 0.3 is 0 Å². The first-order valence-electron chi connectivity index (χ1n) is 3.06. The Kier molecular flexibility index (Phi) is 3.11. The van der Waals surface area contributed by atoms with E-state index in [2.05, 4.69) is 0 Å². The highest BCUT2D eigenvalue weighted by Gasteiger charge is 2.08. The van der Waals surface area contributed by atoms with Gasteiger partial charge in [0.1, 0.15) is 6.61 Å². The van der Waals surface area contributed by atoms with Crippen molar-refractivity contribution >= 4 is 0 Å². The lowest BCUT2D eigenvalue weighted by molar-refractivity contribution is -1.06. The van der Waals surface area contributed by atoms with Gasteiger partial charge in [0.2, 0.25) is 0 Å². The van der Waals surface area contributed by atoms with Gasteiger partial charge < -0.3 is 5.11 Å². The molecule has 0 saturated carbocycles. The van der Waals surface area contributed by atoms with Gasteiger partial charge in [0.05, 0.1) is 27.2 Å². The van der Waals surface area contributed by atoms with Crippen molar-refractivity contribution in [2.24, 2.45) is 0 Å². The van der Waals surface area contributed by atoms with Gasteiger partial charge in [0.25, 0.3) is 0 Å². The Morgan fingerprint density at radius 2 is 1.89 bits per heavy atom. The van der Waals surface area contributed by atoms with E-state index in [1.807, 2.05) is 21.1 Å². The van der Waals surface area contributed by atoms with Crippen LogP contribution in [0.5, 0.6) is 0 Å². The van der Waals surface area contributed by atoms with E-state index < -0.39 is 0 Å². The van der Waals surface area contributed by atoms with Gasteiger partial charge in [-0.15, -0.1) is 0 Å². The van der Waals surface area contributed by atoms with Crippen molar-refractivity contribution in [3.8, 4) is 0 Å². The summed E-state index contributed by atoms with van der Waals surface area (Å²) in [5, 5.41) is 8.78. The predicted molar refractivity (Wildman–Crippen MR) is 35.7 cm³/mol. The summed E-state index contributed by atoms with van der Waals surface area (Å²) in [4.78, 5) is 5.18. The molecule has 0 aliphatic heterocycles. The molecule has 0 aromatic carbocycles. The molecule has 56 valence electrons. The summed E-state index contributed by atoms with van der Waals surface area (Å²) in [6, 6.07) is 0. The SMILES string of the molecule is CC(O)CO[N+](C)(C)C.